The Labute approximate surface area is 168 Å². The van der Waals surface area contributed by atoms with Crippen LogP contribution in [0, 0.1) is 5.92 Å². The average Bonchev–Trinajstić information content (AvgIpc) is 2.59. The lowest BCUT2D eigenvalue weighted by atomic mass is 9.71. The summed E-state index contributed by atoms with van der Waals surface area (Å²) in [6.45, 7) is 1.96. The Morgan fingerprint density at radius 2 is 1.79 bits per heavy atom. The van der Waals surface area contributed by atoms with E-state index in [9.17, 15) is 22.8 Å². The van der Waals surface area contributed by atoms with E-state index in [2.05, 4.69) is 5.32 Å². The summed E-state index contributed by atoms with van der Waals surface area (Å²) in [5.41, 5.74) is 2.09. The SMILES string of the molecule is CNC(CCC(=O)N1CC(c2ccc(C3CC(C(F)(F)F)C3)cc2)C1)COC=O. The van der Waals surface area contributed by atoms with Crippen LogP contribution < -0.4 is 5.32 Å². The fourth-order valence-corrected chi connectivity index (χ4v) is 4.01. The number of nitrogens with zero attached hydrogens (tertiary/aromatic N) is 1. The summed E-state index contributed by atoms with van der Waals surface area (Å²) in [6, 6.07) is 7.79. The second-order valence-corrected chi connectivity index (χ2v) is 8.02. The van der Waals surface area contributed by atoms with Crippen LogP contribution in [0.4, 0.5) is 13.2 Å². The van der Waals surface area contributed by atoms with E-state index in [4.69, 9.17) is 4.74 Å². The number of halogens is 3. The van der Waals surface area contributed by atoms with Gasteiger partial charge in [-0.15, -0.1) is 0 Å². The van der Waals surface area contributed by atoms with Gasteiger partial charge in [0.1, 0.15) is 6.61 Å². The lowest BCUT2D eigenvalue weighted by molar-refractivity contribution is -0.197. The minimum atomic E-state index is -4.08. The molecule has 1 aromatic rings. The molecule has 29 heavy (non-hydrogen) atoms. The van der Waals surface area contributed by atoms with Crippen molar-refractivity contribution >= 4 is 12.4 Å². The summed E-state index contributed by atoms with van der Waals surface area (Å²) in [4.78, 5) is 24.4. The quantitative estimate of drug-likeness (QED) is 0.633. The maximum Gasteiger partial charge on any atom is 0.391 e. The van der Waals surface area contributed by atoms with Crippen LogP contribution in [0.1, 0.15) is 48.6 Å². The van der Waals surface area contributed by atoms with E-state index in [1.807, 2.05) is 29.2 Å². The van der Waals surface area contributed by atoms with Gasteiger partial charge in [-0.2, -0.15) is 13.2 Å². The molecular formula is C21H27F3N2O3. The highest BCUT2D eigenvalue weighted by atomic mass is 19.4. The van der Waals surface area contributed by atoms with Crippen molar-refractivity contribution in [2.75, 3.05) is 26.7 Å². The van der Waals surface area contributed by atoms with Gasteiger partial charge in [-0.1, -0.05) is 24.3 Å². The lowest BCUT2D eigenvalue weighted by Gasteiger charge is -2.40. The predicted octanol–water partition coefficient (Wildman–Crippen LogP) is 3.21. The summed E-state index contributed by atoms with van der Waals surface area (Å²) in [6.07, 6.45) is -2.73. The summed E-state index contributed by atoms with van der Waals surface area (Å²) in [7, 11) is 1.76. The molecule has 0 radical (unpaired) electrons. The van der Waals surface area contributed by atoms with E-state index in [1.165, 1.54) is 0 Å². The van der Waals surface area contributed by atoms with Gasteiger partial charge in [0.05, 0.1) is 5.92 Å². The van der Waals surface area contributed by atoms with Crippen molar-refractivity contribution in [3.8, 4) is 0 Å². The van der Waals surface area contributed by atoms with E-state index in [0.29, 0.717) is 32.4 Å². The topological polar surface area (TPSA) is 58.6 Å². The summed E-state index contributed by atoms with van der Waals surface area (Å²) in [5, 5.41) is 3.02. The van der Waals surface area contributed by atoms with Crippen molar-refractivity contribution in [1.29, 1.82) is 0 Å². The van der Waals surface area contributed by atoms with Gasteiger partial charge in [0, 0.05) is 31.5 Å². The van der Waals surface area contributed by atoms with Crippen molar-refractivity contribution in [1.82, 2.24) is 10.2 Å². The van der Waals surface area contributed by atoms with Gasteiger partial charge in [-0.3, -0.25) is 9.59 Å². The van der Waals surface area contributed by atoms with Gasteiger partial charge >= 0.3 is 6.18 Å². The number of ether oxygens (including phenoxy) is 1. The number of likely N-dealkylation sites (N-methyl/N-ethyl adjacent to an activating group) is 1. The molecule has 1 unspecified atom stereocenters. The summed E-state index contributed by atoms with van der Waals surface area (Å²) >= 11 is 0. The predicted molar refractivity (Wildman–Crippen MR) is 101 cm³/mol. The zero-order valence-corrected chi connectivity index (χ0v) is 16.5. The maximum absolute atomic E-state index is 12.6. The molecule has 2 aliphatic rings. The second kappa shape index (κ2) is 9.15. The maximum atomic E-state index is 12.6. The van der Waals surface area contributed by atoms with Gasteiger partial charge in [0.15, 0.2) is 0 Å². The Morgan fingerprint density at radius 1 is 1.21 bits per heavy atom. The molecule has 1 amide bonds. The molecule has 5 nitrogen and oxygen atoms in total. The minimum absolute atomic E-state index is 0.00143. The third-order valence-electron chi connectivity index (χ3n) is 6.19. The first-order valence-corrected chi connectivity index (χ1v) is 9.98. The molecule has 0 spiro atoms. The number of carbonyl (C=O) groups excluding carboxylic acids is 2. The Morgan fingerprint density at radius 3 is 2.31 bits per heavy atom. The highest BCUT2D eigenvalue weighted by Gasteiger charge is 2.48. The summed E-state index contributed by atoms with van der Waals surface area (Å²) < 4.78 is 42.6. The van der Waals surface area contributed by atoms with Gasteiger partial charge < -0.3 is 15.0 Å². The number of nitrogens with one attached hydrogen (secondary N) is 1. The van der Waals surface area contributed by atoms with Gasteiger partial charge in [0.25, 0.3) is 6.47 Å². The Bertz CT molecular complexity index is 696. The first-order chi connectivity index (χ1) is 13.8. The van der Waals surface area contributed by atoms with E-state index in [0.717, 1.165) is 11.1 Å². The zero-order valence-electron chi connectivity index (χ0n) is 16.5. The molecule has 0 bridgehead atoms. The van der Waals surface area contributed by atoms with Crippen molar-refractivity contribution in [2.24, 2.45) is 5.92 Å². The molecule has 8 heteroatoms. The molecule has 3 rings (SSSR count). The van der Waals surface area contributed by atoms with Gasteiger partial charge in [-0.25, -0.2) is 0 Å². The molecule has 0 aromatic heterocycles. The highest BCUT2D eigenvalue weighted by molar-refractivity contribution is 5.77. The van der Waals surface area contributed by atoms with E-state index in [1.54, 1.807) is 7.05 Å². The third kappa shape index (κ3) is 5.29. The number of rotatable bonds is 9. The van der Waals surface area contributed by atoms with Crippen LogP contribution >= 0.6 is 0 Å². The first-order valence-electron chi connectivity index (χ1n) is 9.98. The van der Waals surface area contributed by atoms with Crippen molar-refractivity contribution in [3.63, 3.8) is 0 Å². The number of alkyl halides is 3. The van der Waals surface area contributed by atoms with Crippen LogP contribution in [0.25, 0.3) is 0 Å². The minimum Gasteiger partial charge on any atom is -0.466 e. The molecule has 1 aliphatic heterocycles. The Balaban J connectivity index is 1.40. The molecule has 1 aliphatic carbocycles. The Kier molecular flexibility index (Phi) is 6.82. The molecule has 1 aromatic carbocycles. The highest BCUT2D eigenvalue weighted by Crippen LogP contribution is 2.49. The van der Waals surface area contributed by atoms with Gasteiger partial charge in [-0.05, 0) is 43.4 Å². The van der Waals surface area contributed by atoms with Crippen LogP contribution in [0.3, 0.4) is 0 Å². The lowest BCUT2D eigenvalue weighted by Crippen LogP contribution is -2.48. The third-order valence-corrected chi connectivity index (χ3v) is 6.19. The van der Waals surface area contributed by atoms with Crippen LogP contribution in [-0.4, -0.2) is 56.2 Å². The smallest absolute Gasteiger partial charge is 0.391 e. The fourth-order valence-electron chi connectivity index (χ4n) is 4.01. The van der Waals surface area contributed by atoms with Gasteiger partial charge in [0.2, 0.25) is 5.91 Å². The van der Waals surface area contributed by atoms with E-state index < -0.39 is 12.1 Å². The fraction of sp³-hybridized carbons (Fsp3) is 0.619. The van der Waals surface area contributed by atoms with Crippen molar-refractivity contribution in [2.45, 2.75) is 49.7 Å². The average molecular weight is 412 g/mol. The first kappa shape index (κ1) is 21.6. The molecule has 160 valence electrons. The number of likely N-dealkylation sites (tertiary alicyclic amines) is 1. The number of hydrogen-bond donors (Lipinski definition) is 1. The van der Waals surface area contributed by atoms with Crippen LogP contribution in [-0.2, 0) is 14.3 Å². The van der Waals surface area contributed by atoms with E-state index >= 15 is 0 Å². The molecule has 1 atom stereocenters. The number of amides is 1. The largest absolute Gasteiger partial charge is 0.466 e. The molecule has 1 heterocycles. The van der Waals surface area contributed by atoms with Crippen LogP contribution in [0.2, 0.25) is 0 Å². The van der Waals surface area contributed by atoms with Crippen molar-refractivity contribution < 1.29 is 27.5 Å². The molecule has 1 saturated heterocycles. The number of benzene rings is 1. The molecular weight excluding hydrogens is 385 g/mol. The number of carbonyl (C=O) groups is 2. The normalized spacial score (nSPS) is 23.1. The Hall–Kier alpha value is -2.09. The standard InChI is InChI=1S/C21H27F3N2O3/c1-25-19(12-29-13-27)6-7-20(28)26-10-17(11-26)15-4-2-14(3-5-15)16-8-18(9-16)21(22,23)24/h2-5,13,16-19,25H,6-12H2,1H3. The second-order valence-electron chi connectivity index (χ2n) is 8.02. The van der Waals surface area contributed by atoms with Crippen LogP contribution in [0.5, 0.6) is 0 Å². The number of hydrogen-bond acceptors (Lipinski definition) is 4. The molecule has 2 fully saturated rings. The summed E-state index contributed by atoms with van der Waals surface area (Å²) in [5.74, 6) is -0.808. The monoisotopic (exact) mass is 412 g/mol. The van der Waals surface area contributed by atoms with Crippen molar-refractivity contribution in [3.05, 3.63) is 35.4 Å². The van der Waals surface area contributed by atoms with Crippen LogP contribution in [0.15, 0.2) is 24.3 Å². The zero-order chi connectivity index (χ0) is 21.0. The molecule has 1 N–H and O–H groups in total. The van der Waals surface area contributed by atoms with E-state index in [-0.39, 0.29) is 43.2 Å². The molecule has 1 saturated carbocycles.